The number of carbonyl (C=O) groups excluding carboxylic acids is 2. The van der Waals surface area contributed by atoms with E-state index < -0.39 is 0 Å². The zero-order chi connectivity index (χ0) is 27.2. The summed E-state index contributed by atoms with van der Waals surface area (Å²) in [4.78, 5) is 33.1. The average molecular weight is 529 g/mol. The van der Waals surface area contributed by atoms with E-state index in [0.717, 1.165) is 29.7 Å². The number of aryl methyl sites for hydroxylation is 1. The van der Waals surface area contributed by atoms with Crippen LogP contribution in [0.2, 0.25) is 0 Å². The van der Waals surface area contributed by atoms with Gasteiger partial charge in [0.25, 0.3) is 0 Å². The van der Waals surface area contributed by atoms with E-state index in [9.17, 15) is 9.59 Å². The quantitative estimate of drug-likeness (QED) is 0.315. The first kappa shape index (κ1) is 29.0. The highest BCUT2D eigenvalue weighted by Gasteiger charge is 2.35. The van der Waals surface area contributed by atoms with Gasteiger partial charge in [-0.3, -0.25) is 9.59 Å². The minimum atomic E-state index is 0.00949. The molecule has 1 aromatic heterocycles. The Kier molecular flexibility index (Phi) is 10.0. The number of hydrogen-bond donors (Lipinski definition) is 0. The number of thiophene rings is 1. The molecule has 3 rings (SSSR count). The Morgan fingerprint density at radius 2 is 1.76 bits per heavy atom. The minimum absolute atomic E-state index is 0.00949. The van der Waals surface area contributed by atoms with Crippen molar-refractivity contribution in [3.05, 3.63) is 45.6 Å². The van der Waals surface area contributed by atoms with Crippen molar-refractivity contribution < 1.29 is 19.1 Å². The van der Waals surface area contributed by atoms with Gasteiger partial charge in [-0.1, -0.05) is 33.8 Å². The van der Waals surface area contributed by atoms with Gasteiger partial charge >= 0.3 is 0 Å². The van der Waals surface area contributed by atoms with E-state index >= 15 is 0 Å². The average Bonchev–Trinajstić information content (AvgIpc) is 3.58. The van der Waals surface area contributed by atoms with Gasteiger partial charge in [-0.25, -0.2) is 0 Å². The molecular formula is C30H44N2O4S. The maximum absolute atomic E-state index is 13.7. The van der Waals surface area contributed by atoms with Gasteiger partial charge in [0.05, 0.1) is 20.8 Å². The predicted molar refractivity (Wildman–Crippen MR) is 150 cm³/mol. The van der Waals surface area contributed by atoms with Crippen molar-refractivity contribution in [2.24, 2.45) is 11.3 Å². The summed E-state index contributed by atoms with van der Waals surface area (Å²) in [6, 6.07) is 10.3. The number of amides is 2. The van der Waals surface area contributed by atoms with E-state index in [0.29, 0.717) is 43.3 Å². The van der Waals surface area contributed by atoms with Gasteiger partial charge in [0, 0.05) is 28.8 Å². The molecule has 1 heterocycles. The molecule has 6 nitrogen and oxygen atoms in total. The number of ether oxygens (including phenoxy) is 2. The maximum atomic E-state index is 13.7. The van der Waals surface area contributed by atoms with Crippen molar-refractivity contribution in [1.29, 1.82) is 0 Å². The fourth-order valence-electron chi connectivity index (χ4n) is 4.94. The second-order valence-electron chi connectivity index (χ2n) is 11.6. The first-order valence-corrected chi connectivity index (χ1v) is 14.1. The summed E-state index contributed by atoms with van der Waals surface area (Å²) in [5.41, 5.74) is 1.25. The topological polar surface area (TPSA) is 59.1 Å². The van der Waals surface area contributed by atoms with Crippen LogP contribution < -0.4 is 9.47 Å². The summed E-state index contributed by atoms with van der Waals surface area (Å²) in [7, 11) is 3.25. The molecule has 0 radical (unpaired) electrons. The lowest BCUT2D eigenvalue weighted by atomic mass is 9.84. The van der Waals surface area contributed by atoms with Crippen LogP contribution in [0.3, 0.4) is 0 Å². The first-order chi connectivity index (χ1) is 17.5. The van der Waals surface area contributed by atoms with Crippen molar-refractivity contribution >= 4 is 23.2 Å². The molecule has 204 valence electrons. The van der Waals surface area contributed by atoms with E-state index in [2.05, 4.69) is 46.8 Å². The lowest BCUT2D eigenvalue weighted by Gasteiger charge is -2.29. The molecule has 0 aliphatic heterocycles. The summed E-state index contributed by atoms with van der Waals surface area (Å²) in [5, 5.41) is 0. The van der Waals surface area contributed by atoms with Gasteiger partial charge in [-0.05, 0) is 73.8 Å². The second-order valence-corrected chi connectivity index (χ2v) is 13.0. The van der Waals surface area contributed by atoms with E-state index in [-0.39, 0.29) is 29.8 Å². The number of nitrogens with zero attached hydrogens (tertiary/aromatic N) is 2. The fourth-order valence-corrected chi connectivity index (χ4v) is 5.84. The standard InChI is InChI=1S/C30H44N2O4S/c1-21(18-30(3,4)5)16-28(33)32(24-10-11-24)20-29(34)31(19-25-12-8-22(2)37-25)15-14-23-9-13-26(35-6)27(17-23)36-7/h8-9,12-13,17,21,24H,10-11,14-16,18-20H2,1-7H3. The normalized spacial score (nSPS) is 14.2. The smallest absolute Gasteiger partial charge is 0.242 e. The summed E-state index contributed by atoms with van der Waals surface area (Å²) in [5.74, 6) is 1.78. The molecule has 0 saturated heterocycles. The highest BCUT2D eigenvalue weighted by atomic mass is 32.1. The van der Waals surface area contributed by atoms with Crippen LogP contribution in [0.1, 0.15) is 68.7 Å². The molecule has 0 N–H and O–H groups in total. The van der Waals surface area contributed by atoms with Gasteiger partial charge in [0.15, 0.2) is 11.5 Å². The van der Waals surface area contributed by atoms with E-state index in [1.165, 1.54) is 4.88 Å². The number of methoxy groups -OCH3 is 2. The molecule has 1 aliphatic carbocycles. The Labute approximate surface area is 226 Å². The molecule has 0 bridgehead atoms. The molecular weight excluding hydrogens is 484 g/mol. The van der Waals surface area contributed by atoms with Gasteiger partial charge in [0.2, 0.25) is 11.8 Å². The monoisotopic (exact) mass is 528 g/mol. The van der Waals surface area contributed by atoms with Crippen LogP contribution in [0.15, 0.2) is 30.3 Å². The SMILES string of the molecule is COc1ccc(CCN(Cc2ccc(C)s2)C(=O)CN(C(=O)CC(C)CC(C)(C)C)C2CC2)cc1OC. The van der Waals surface area contributed by atoms with Crippen LogP contribution in [-0.2, 0) is 22.6 Å². The molecule has 1 unspecified atom stereocenters. The molecule has 1 fully saturated rings. The van der Waals surface area contributed by atoms with Gasteiger partial charge in [-0.15, -0.1) is 11.3 Å². The van der Waals surface area contributed by atoms with E-state index in [1.54, 1.807) is 25.6 Å². The van der Waals surface area contributed by atoms with Crippen molar-refractivity contribution in [3.8, 4) is 11.5 Å². The summed E-state index contributed by atoms with van der Waals surface area (Å²) < 4.78 is 10.8. The third-order valence-corrected chi connectivity index (χ3v) is 7.70. The lowest BCUT2D eigenvalue weighted by molar-refractivity contribution is -0.142. The Balaban J connectivity index is 1.71. The number of benzene rings is 1. The Morgan fingerprint density at radius 1 is 1.05 bits per heavy atom. The summed E-state index contributed by atoms with van der Waals surface area (Å²) in [6.45, 7) is 12.1. The van der Waals surface area contributed by atoms with Crippen molar-refractivity contribution in [2.75, 3.05) is 27.3 Å². The Hall–Kier alpha value is -2.54. The zero-order valence-corrected chi connectivity index (χ0v) is 24.5. The summed E-state index contributed by atoms with van der Waals surface area (Å²) in [6.07, 6.45) is 4.15. The molecule has 1 atom stereocenters. The number of rotatable bonds is 13. The van der Waals surface area contributed by atoms with Crippen molar-refractivity contribution in [3.63, 3.8) is 0 Å². The molecule has 37 heavy (non-hydrogen) atoms. The molecule has 1 aromatic carbocycles. The van der Waals surface area contributed by atoms with Crippen LogP contribution in [0.25, 0.3) is 0 Å². The largest absolute Gasteiger partial charge is 0.493 e. The second kappa shape index (κ2) is 12.8. The Bertz CT molecular complexity index is 1050. The zero-order valence-electron chi connectivity index (χ0n) is 23.6. The molecule has 2 amide bonds. The van der Waals surface area contributed by atoms with Crippen LogP contribution in [-0.4, -0.2) is 55.0 Å². The Morgan fingerprint density at radius 3 is 2.32 bits per heavy atom. The molecule has 7 heteroatoms. The number of carbonyl (C=O) groups is 2. The van der Waals surface area contributed by atoms with Gasteiger partial charge in [0.1, 0.15) is 6.54 Å². The van der Waals surface area contributed by atoms with Gasteiger partial charge < -0.3 is 19.3 Å². The van der Waals surface area contributed by atoms with Crippen LogP contribution in [0.5, 0.6) is 11.5 Å². The maximum Gasteiger partial charge on any atom is 0.242 e. The van der Waals surface area contributed by atoms with Crippen LogP contribution in [0, 0.1) is 18.3 Å². The summed E-state index contributed by atoms with van der Waals surface area (Å²) >= 11 is 1.71. The van der Waals surface area contributed by atoms with Crippen LogP contribution in [0.4, 0.5) is 0 Å². The molecule has 2 aromatic rings. The van der Waals surface area contributed by atoms with Crippen LogP contribution >= 0.6 is 11.3 Å². The van der Waals surface area contributed by atoms with Crippen molar-refractivity contribution in [1.82, 2.24) is 9.80 Å². The molecule has 0 spiro atoms. The fraction of sp³-hybridized carbons (Fsp3) is 0.600. The molecule has 1 saturated carbocycles. The highest BCUT2D eigenvalue weighted by Crippen LogP contribution is 2.31. The minimum Gasteiger partial charge on any atom is -0.493 e. The third-order valence-electron chi connectivity index (χ3n) is 6.71. The first-order valence-electron chi connectivity index (χ1n) is 13.3. The van der Waals surface area contributed by atoms with E-state index in [1.807, 2.05) is 28.0 Å². The predicted octanol–water partition coefficient (Wildman–Crippen LogP) is 6.10. The van der Waals surface area contributed by atoms with E-state index in [4.69, 9.17) is 9.47 Å². The van der Waals surface area contributed by atoms with Crippen molar-refractivity contribution in [2.45, 2.75) is 79.3 Å². The highest BCUT2D eigenvalue weighted by molar-refractivity contribution is 7.11. The number of hydrogen-bond acceptors (Lipinski definition) is 5. The molecule has 1 aliphatic rings. The third kappa shape index (κ3) is 9.06. The van der Waals surface area contributed by atoms with Gasteiger partial charge in [-0.2, -0.15) is 0 Å². The lowest BCUT2D eigenvalue weighted by Crippen LogP contribution is -2.44.